The van der Waals surface area contributed by atoms with Crippen molar-refractivity contribution in [1.29, 1.82) is 0 Å². The van der Waals surface area contributed by atoms with Gasteiger partial charge in [-0.15, -0.1) is 0 Å². The number of rotatable bonds is 7. The maximum atomic E-state index is 11.2. The van der Waals surface area contributed by atoms with Gasteiger partial charge in [0.2, 0.25) is 10.9 Å². The molecule has 0 bridgehead atoms. The molecule has 2 N–H and O–H groups in total. The topological polar surface area (TPSA) is 120 Å². The van der Waals surface area contributed by atoms with Crippen molar-refractivity contribution in [3.05, 3.63) is 93.8 Å². The summed E-state index contributed by atoms with van der Waals surface area (Å²) >= 11 is 0. The SMILES string of the molecule is Cc1c(O)c(=O)ccn1CCCn1ccnc1.Cc1c(O)c(=O)ccn1CCn1ccnc1. The summed E-state index contributed by atoms with van der Waals surface area (Å²) in [5, 5.41) is 19.0. The first-order chi connectivity index (χ1) is 15.9. The fourth-order valence-electron chi connectivity index (χ4n) is 3.29. The Kier molecular flexibility index (Phi) is 7.85. The van der Waals surface area contributed by atoms with Crippen LogP contribution in [0.3, 0.4) is 0 Å². The summed E-state index contributed by atoms with van der Waals surface area (Å²) in [6.45, 7) is 6.54. The van der Waals surface area contributed by atoms with E-state index in [0.29, 0.717) is 17.9 Å². The molecule has 0 amide bonds. The van der Waals surface area contributed by atoms with Crippen LogP contribution >= 0.6 is 0 Å². The summed E-state index contributed by atoms with van der Waals surface area (Å²) in [5.74, 6) is -0.330. The lowest BCUT2D eigenvalue weighted by Crippen LogP contribution is -2.13. The van der Waals surface area contributed by atoms with Crippen LogP contribution in [0.1, 0.15) is 17.8 Å². The van der Waals surface area contributed by atoms with Crippen LogP contribution in [0, 0.1) is 13.8 Å². The number of aromatic nitrogens is 6. The molecular formula is C23H28N6O4. The monoisotopic (exact) mass is 452 g/mol. The summed E-state index contributed by atoms with van der Waals surface area (Å²) in [6.07, 6.45) is 15.1. The molecule has 0 aromatic carbocycles. The Labute approximate surface area is 190 Å². The lowest BCUT2D eigenvalue weighted by molar-refractivity contribution is 0.448. The molecule has 4 heterocycles. The van der Waals surface area contributed by atoms with Crippen molar-refractivity contribution in [2.45, 2.75) is 46.4 Å². The van der Waals surface area contributed by atoms with Crippen LogP contribution < -0.4 is 10.9 Å². The zero-order valence-electron chi connectivity index (χ0n) is 18.7. The third-order valence-corrected chi connectivity index (χ3v) is 5.36. The van der Waals surface area contributed by atoms with Gasteiger partial charge in [-0.1, -0.05) is 0 Å². The summed E-state index contributed by atoms with van der Waals surface area (Å²) in [5.41, 5.74) is 0.542. The number of nitrogens with zero attached hydrogens (tertiary/aromatic N) is 6. The van der Waals surface area contributed by atoms with Crippen molar-refractivity contribution in [1.82, 2.24) is 28.2 Å². The quantitative estimate of drug-likeness (QED) is 0.442. The van der Waals surface area contributed by atoms with Gasteiger partial charge in [0.1, 0.15) is 0 Å². The summed E-state index contributed by atoms with van der Waals surface area (Å²) < 4.78 is 7.66. The standard InChI is InChI=1S/C12H15N3O2.C11H13N3O2/c1-10-12(17)11(16)3-7-15(10)6-2-5-14-8-4-13-9-14;1-9-11(16)10(15)2-4-14(9)7-6-13-5-3-12-8-13/h3-4,7-9,17H,2,5-6H2,1H3;2-5,8,16H,6-7H2,1H3. The van der Waals surface area contributed by atoms with E-state index in [1.165, 1.54) is 12.1 Å². The average Bonchev–Trinajstić information content (AvgIpc) is 3.52. The maximum Gasteiger partial charge on any atom is 0.223 e. The van der Waals surface area contributed by atoms with Gasteiger partial charge in [-0.05, 0) is 20.3 Å². The second kappa shape index (κ2) is 11.0. The van der Waals surface area contributed by atoms with Gasteiger partial charge in [0.05, 0.1) is 24.0 Å². The summed E-state index contributed by atoms with van der Waals surface area (Å²) in [7, 11) is 0. The largest absolute Gasteiger partial charge is 0.503 e. The van der Waals surface area contributed by atoms with Crippen LogP contribution in [0.25, 0.3) is 0 Å². The van der Waals surface area contributed by atoms with Crippen LogP contribution in [0.2, 0.25) is 0 Å². The average molecular weight is 453 g/mol. The molecule has 0 fully saturated rings. The van der Waals surface area contributed by atoms with Crippen LogP contribution in [-0.2, 0) is 26.2 Å². The van der Waals surface area contributed by atoms with Crippen molar-refractivity contribution < 1.29 is 10.2 Å². The van der Waals surface area contributed by atoms with E-state index >= 15 is 0 Å². The highest BCUT2D eigenvalue weighted by Gasteiger charge is 2.05. The molecule has 0 spiro atoms. The van der Waals surface area contributed by atoms with E-state index in [2.05, 4.69) is 9.97 Å². The van der Waals surface area contributed by atoms with Crippen LogP contribution in [0.4, 0.5) is 0 Å². The molecule has 174 valence electrons. The highest BCUT2D eigenvalue weighted by molar-refractivity contribution is 5.25. The first kappa shape index (κ1) is 23.6. The summed E-state index contributed by atoms with van der Waals surface area (Å²) in [6, 6.07) is 2.76. The van der Waals surface area contributed by atoms with E-state index in [1.807, 2.05) is 30.7 Å². The zero-order chi connectivity index (χ0) is 23.8. The van der Waals surface area contributed by atoms with Gasteiger partial charge in [0, 0.05) is 75.5 Å². The first-order valence-electron chi connectivity index (χ1n) is 10.6. The van der Waals surface area contributed by atoms with Crippen molar-refractivity contribution >= 4 is 0 Å². The second-order valence-electron chi connectivity index (χ2n) is 7.57. The van der Waals surface area contributed by atoms with Crippen molar-refractivity contribution in [2.75, 3.05) is 0 Å². The van der Waals surface area contributed by atoms with Crippen LogP contribution in [0.5, 0.6) is 11.5 Å². The molecule has 10 heteroatoms. The molecule has 0 saturated heterocycles. The first-order valence-corrected chi connectivity index (χ1v) is 10.6. The summed E-state index contributed by atoms with van der Waals surface area (Å²) in [4.78, 5) is 30.2. The highest BCUT2D eigenvalue weighted by Crippen LogP contribution is 2.10. The number of aromatic hydroxyl groups is 2. The fourth-order valence-corrected chi connectivity index (χ4v) is 3.29. The predicted octanol–water partition coefficient (Wildman–Crippen LogP) is 1.91. The molecule has 33 heavy (non-hydrogen) atoms. The lowest BCUT2D eigenvalue weighted by Gasteiger charge is -2.11. The predicted molar refractivity (Wildman–Crippen MR) is 123 cm³/mol. The van der Waals surface area contributed by atoms with E-state index in [0.717, 1.165) is 26.1 Å². The van der Waals surface area contributed by atoms with Crippen molar-refractivity contribution in [3.8, 4) is 11.5 Å². The molecule has 4 aromatic heterocycles. The van der Waals surface area contributed by atoms with Crippen molar-refractivity contribution in [3.63, 3.8) is 0 Å². The third-order valence-electron chi connectivity index (χ3n) is 5.36. The van der Waals surface area contributed by atoms with Gasteiger partial charge < -0.3 is 28.5 Å². The molecule has 0 unspecified atom stereocenters. The van der Waals surface area contributed by atoms with E-state index in [-0.39, 0.29) is 22.4 Å². The Morgan fingerprint density at radius 3 is 1.67 bits per heavy atom. The molecule has 0 aliphatic heterocycles. The number of hydrogen-bond donors (Lipinski definition) is 2. The van der Waals surface area contributed by atoms with Crippen LogP contribution in [0.15, 0.2) is 71.6 Å². The fraction of sp³-hybridized carbons (Fsp3) is 0.304. The van der Waals surface area contributed by atoms with Gasteiger partial charge in [-0.25, -0.2) is 9.97 Å². The molecule has 4 rings (SSSR count). The minimum Gasteiger partial charge on any atom is -0.503 e. The molecule has 0 aliphatic carbocycles. The minimum absolute atomic E-state index is 0.157. The Bertz CT molecular complexity index is 1270. The third kappa shape index (κ3) is 6.22. The van der Waals surface area contributed by atoms with Crippen LogP contribution in [-0.4, -0.2) is 38.4 Å². The Balaban J connectivity index is 0.000000186. The Morgan fingerprint density at radius 1 is 0.697 bits per heavy atom. The molecule has 0 radical (unpaired) electrons. The highest BCUT2D eigenvalue weighted by atomic mass is 16.3. The van der Waals surface area contributed by atoms with Gasteiger partial charge in [0.25, 0.3) is 0 Å². The number of aryl methyl sites for hydroxylation is 4. The molecule has 4 aromatic rings. The molecule has 10 nitrogen and oxygen atoms in total. The normalized spacial score (nSPS) is 10.6. The number of hydrogen-bond acceptors (Lipinski definition) is 6. The Hall–Kier alpha value is -4.08. The molecule has 0 aliphatic rings. The van der Waals surface area contributed by atoms with Gasteiger partial charge in [-0.2, -0.15) is 0 Å². The van der Waals surface area contributed by atoms with E-state index in [4.69, 9.17) is 0 Å². The number of pyridine rings is 2. The smallest absolute Gasteiger partial charge is 0.223 e. The van der Waals surface area contributed by atoms with E-state index < -0.39 is 0 Å². The van der Waals surface area contributed by atoms with Crippen molar-refractivity contribution in [2.24, 2.45) is 0 Å². The zero-order valence-corrected chi connectivity index (χ0v) is 18.7. The van der Waals surface area contributed by atoms with Gasteiger partial charge in [0.15, 0.2) is 11.5 Å². The van der Waals surface area contributed by atoms with E-state index in [9.17, 15) is 19.8 Å². The van der Waals surface area contributed by atoms with E-state index in [1.54, 1.807) is 51.3 Å². The molecular weight excluding hydrogens is 424 g/mol. The number of imidazole rings is 2. The maximum absolute atomic E-state index is 11.2. The minimum atomic E-state index is -0.337. The molecule has 0 atom stereocenters. The lowest BCUT2D eigenvalue weighted by atomic mass is 10.3. The second-order valence-corrected chi connectivity index (χ2v) is 7.57. The van der Waals surface area contributed by atoms with Gasteiger partial charge >= 0.3 is 0 Å². The molecule has 0 saturated carbocycles. The Morgan fingerprint density at radius 2 is 1.18 bits per heavy atom. The van der Waals surface area contributed by atoms with Gasteiger partial charge in [-0.3, -0.25) is 9.59 Å².